The number of fused-ring (bicyclic) bond motifs is 1. The fourth-order valence-electron chi connectivity index (χ4n) is 3.10. The molecule has 1 N–H and O–H groups in total. The summed E-state index contributed by atoms with van der Waals surface area (Å²) in [5.41, 5.74) is 5.52. The number of hydrazine groups is 1. The predicted octanol–water partition coefficient (Wildman–Crippen LogP) is 2.29. The molecule has 2 aliphatic heterocycles. The number of furan rings is 1. The Kier molecular flexibility index (Phi) is 4.29. The van der Waals surface area contributed by atoms with Gasteiger partial charge in [-0.05, 0) is 30.7 Å². The van der Waals surface area contributed by atoms with Crippen LogP contribution in [0.3, 0.4) is 0 Å². The van der Waals surface area contributed by atoms with E-state index >= 15 is 0 Å². The Morgan fingerprint density at radius 1 is 1.24 bits per heavy atom. The van der Waals surface area contributed by atoms with E-state index < -0.39 is 0 Å². The van der Waals surface area contributed by atoms with Crippen LogP contribution in [-0.4, -0.2) is 41.7 Å². The minimum Gasteiger partial charge on any atom is -0.456 e. The van der Waals surface area contributed by atoms with Crippen LogP contribution < -0.4 is 5.43 Å². The maximum absolute atomic E-state index is 12.5. The highest BCUT2D eigenvalue weighted by Gasteiger charge is 2.31. The minimum absolute atomic E-state index is 0.0673. The Balaban J connectivity index is 1.37. The average molecular weight is 339 g/mol. The van der Waals surface area contributed by atoms with Gasteiger partial charge < -0.3 is 19.1 Å². The Morgan fingerprint density at radius 2 is 2.08 bits per heavy atom. The fraction of sp³-hybridized carbons (Fsp3) is 0.316. The number of nitrogens with zero attached hydrogens (tertiary/aromatic N) is 2. The molecular formula is C19H21N3O3. The van der Waals surface area contributed by atoms with Crippen LogP contribution in [0.25, 0.3) is 0 Å². The highest BCUT2D eigenvalue weighted by molar-refractivity contribution is 5.91. The molecule has 1 aromatic heterocycles. The number of carbonyl (C=O) groups is 1. The minimum atomic E-state index is -0.170. The Bertz CT molecular complexity index is 784. The Labute approximate surface area is 146 Å². The van der Waals surface area contributed by atoms with E-state index in [9.17, 15) is 4.79 Å². The number of piperazine rings is 1. The molecule has 1 aromatic carbocycles. The molecule has 1 fully saturated rings. The van der Waals surface area contributed by atoms with Gasteiger partial charge in [-0.2, -0.15) is 0 Å². The first-order chi connectivity index (χ1) is 12.2. The molecule has 0 spiro atoms. The van der Waals surface area contributed by atoms with Gasteiger partial charge in [0.15, 0.2) is 5.76 Å². The lowest BCUT2D eigenvalue weighted by atomic mass is 10.2. The van der Waals surface area contributed by atoms with Crippen LogP contribution in [0, 0.1) is 6.92 Å². The van der Waals surface area contributed by atoms with Crippen LogP contribution in [0.1, 0.15) is 21.9 Å². The van der Waals surface area contributed by atoms with Gasteiger partial charge in [0.05, 0.1) is 19.7 Å². The zero-order chi connectivity index (χ0) is 17.2. The molecule has 0 radical (unpaired) electrons. The van der Waals surface area contributed by atoms with Crippen molar-refractivity contribution in [3.63, 3.8) is 0 Å². The molecule has 130 valence electrons. The Hall–Kier alpha value is -2.57. The molecule has 6 nitrogen and oxygen atoms in total. The van der Waals surface area contributed by atoms with Crippen LogP contribution in [-0.2, 0) is 11.3 Å². The normalized spacial score (nSPS) is 19.7. The summed E-state index contributed by atoms with van der Waals surface area (Å²) < 4.78 is 11.4. The molecule has 0 bridgehead atoms. The van der Waals surface area contributed by atoms with Crippen LogP contribution in [0.15, 0.2) is 58.7 Å². The second-order valence-electron chi connectivity index (χ2n) is 6.29. The zero-order valence-electron chi connectivity index (χ0n) is 14.1. The molecule has 0 aliphatic carbocycles. The van der Waals surface area contributed by atoms with Gasteiger partial charge in [-0.3, -0.25) is 4.79 Å². The number of aryl methyl sites for hydroxylation is 1. The molecule has 25 heavy (non-hydrogen) atoms. The van der Waals surface area contributed by atoms with Crippen LogP contribution in [0.5, 0.6) is 0 Å². The van der Waals surface area contributed by atoms with Gasteiger partial charge in [-0.15, -0.1) is 0 Å². The number of carbonyl (C=O) groups excluding carboxylic acids is 1. The number of nitrogens with one attached hydrogen (secondary N) is 1. The van der Waals surface area contributed by atoms with E-state index in [-0.39, 0.29) is 12.1 Å². The van der Waals surface area contributed by atoms with Gasteiger partial charge in [-0.25, -0.2) is 5.43 Å². The SMILES string of the molecule is Cc1ccc(C(=O)N2CCN3NC(OCc4ccccc4)C=C3C2)o1. The summed E-state index contributed by atoms with van der Waals surface area (Å²) in [6.45, 7) is 4.31. The molecule has 1 saturated heterocycles. The third-order valence-corrected chi connectivity index (χ3v) is 4.43. The second-order valence-corrected chi connectivity index (χ2v) is 6.29. The highest BCUT2D eigenvalue weighted by Crippen LogP contribution is 2.21. The molecule has 2 aromatic rings. The first-order valence-corrected chi connectivity index (χ1v) is 8.45. The van der Waals surface area contributed by atoms with Crippen molar-refractivity contribution in [3.8, 4) is 0 Å². The summed E-state index contributed by atoms with van der Waals surface area (Å²) in [4.78, 5) is 14.3. The topological polar surface area (TPSA) is 58.0 Å². The number of amides is 1. The van der Waals surface area contributed by atoms with Crippen LogP contribution in [0.4, 0.5) is 0 Å². The molecule has 0 saturated carbocycles. The lowest BCUT2D eigenvalue weighted by molar-refractivity contribution is 0.0128. The van der Waals surface area contributed by atoms with E-state index in [1.807, 2.05) is 54.3 Å². The van der Waals surface area contributed by atoms with Crippen molar-refractivity contribution in [1.29, 1.82) is 0 Å². The van der Waals surface area contributed by atoms with Crippen molar-refractivity contribution < 1.29 is 13.9 Å². The monoisotopic (exact) mass is 339 g/mol. The van der Waals surface area contributed by atoms with Crippen molar-refractivity contribution in [2.45, 2.75) is 19.8 Å². The molecule has 1 amide bonds. The third-order valence-electron chi connectivity index (χ3n) is 4.43. The number of benzene rings is 1. The summed E-state index contributed by atoms with van der Waals surface area (Å²) in [7, 11) is 0. The van der Waals surface area contributed by atoms with Gasteiger partial charge in [0, 0.05) is 12.2 Å². The van der Waals surface area contributed by atoms with Crippen LogP contribution in [0.2, 0.25) is 0 Å². The van der Waals surface area contributed by atoms with E-state index in [0.29, 0.717) is 25.5 Å². The lowest BCUT2D eigenvalue weighted by Gasteiger charge is -2.34. The quantitative estimate of drug-likeness (QED) is 0.926. The van der Waals surface area contributed by atoms with E-state index in [1.54, 1.807) is 6.07 Å². The van der Waals surface area contributed by atoms with Gasteiger partial charge >= 0.3 is 0 Å². The summed E-state index contributed by atoms with van der Waals surface area (Å²) in [6.07, 6.45) is 1.87. The van der Waals surface area contributed by atoms with Gasteiger partial charge in [0.2, 0.25) is 0 Å². The first-order valence-electron chi connectivity index (χ1n) is 8.45. The van der Waals surface area contributed by atoms with Crippen molar-refractivity contribution in [2.24, 2.45) is 0 Å². The van der Waals surface area contributed by atoms with Gasteiger partial charge in [0.25, 0.3) is 5.91 Å². The first kappa shape index (κ1) is 15.9. The van der Waals surface area contributed by atoms with Gasteiger partial charge in [-0.1, -0.05) is 30.3 Å². The highest BCUT2D eigenvalue weighted by atomic mass is 16.5. The molecule has 6 heteroatoms. The smallest absolute Gasteiger partial charge is 0.289 e. The van der Waals surface area contributed by atoms with Crippen LogP contribution >= 0.6 is 0 Å². The molecule has 1 unspecified atom stereocenters. The number of rotatable bonds is 4. The van der Waals surface area contributed by atoms with E-state index in [2.05, 4.69) is 10.4 Å². The summed E-state index contributed by atoms with van der Waals surface area (Å²) in [5.74, 6) is 1.08. The van der Waals surface area contributed by atoms with Crippen molar-refractivity contribution in [1.82, 2.24) is 15.3 Å². The number of ether oxygens (including phenoxy) is 1. The molecular weight excluding hydrogens is 318 g/mol. The second kappa shape index (κ2) is 6.74. The third kappa shape index (κ3) is 3.45. The standard InChI is InChI=1S/C19H21N3O3/c1-14-7-8-17(25-14)19(23)21-9-10-22-16(12-21)11-18(20-22)24-13-15-5-3-2-4-6-15/h2-8,11,18,20H,9-10,12-13H2,1H3. The van der Waals surface area contributed by atoms with E-state index in [1.165, 1.54) is 0 Å². The summed E-state index contributed by atoms with van der Waals surface area (Å²) in [5, 5.41) is 2.06. The molecule has 2 aliphatic rings. The maximum atomic E-state index is 12.5. The molecule has 1 atom stereocenters. The van der Waals surface area contributed by atoms with Crippen molar-refractivity contribution >= 4 is 5.91 Å². The zero-order valence-corrected chi connectivity index (χ0v) is 14.1. The number of hydrogen-bond acceptors (Lipinski definition) is 5. The average Bonchev–Trinajstić information content (AvgIpc) is 3.25. The fourth-order valence-corrected chi connectivity index (χ4v) is 3.10. The molecule has 3 heterocycles. The van der Waals surface area contributed by atoms with Crippen molar-refractivity contribution in [3.05, 3.63) is 71.3 Å². The number of hydrogen-bond donors (Lipinski definition) is 1. The largest absolute Gasteiger partial charge is 0.456 e. The maximum Gasteiger partial charge on any atom is 0.289 e. The predicted molar refractivity (Wildman–Crippen MR) is 92.3 cm³/mol. The summed E-state index contributed by atoms with van der Waals surface area (Å²) >= 11 is 0. The van der Waals surface area contributed by atoms with Gasteiger partial charge in [0.1, 0.15) is 12.0 Å². The van der Waals surface area contributed by atoms with E-state index in [0.717, 1.165) is 23.6 Å². The van der Waals surface area contributed by atoms with E-state index in [4.69, 9.17) is 9.15 Å². The Morgan fingerprint density at radius 3 is 2.84 bits per heavy atom. The summed E-state index contributed by atoms with van der Waals surface area (Å²) in [6, 6.07) is 13.6. The molecule has 4 rings (SSSR count). The van der Waals surface area contributed by atoms with Crippen molar-refractivity contribution in [2.75, 3.05) is 19.6 Å². The lowest BCUT2D eigenvalue weighted by Crippen LogP contribution is -2.50.